The highest BCUT2D eigenvalue weighted by molar-refractivity contribution is 4.90. The lowest BCUT2D eigenvalue weighted by atomic mass is 9.72. The highest BCUT2D eigenvalue weighted by Crippen LogP contribution is 2.49. The van der Waals surface area contributed by atoms with Gasteiger partial charge in [-0.15, -0.1) is 0 Å². The summed E-state index contributed by atoms with van der Waals surface area (Å²) in [5.74, 6) is 4.09. The molecule has 0 aromatic heterocycles. The third kappa shape index (κ3) is 1.76. The van der Waals surface area contributed by atoms with Crippen molar-refractivity contribution in [2.45, 2.75) is 45.4 Å². The standard InChI is InChI=1S/C12H23N/c1-9-3-2-4-12-10(7-8-13)5-6-11(9)12/h9-12H,2-8,13H2,1H3. The van der Waals surface area contributed by atoms with Gasteiger partial charge in [0.1, 0.15) is 0 Å². The molecule has 1 heteroatoms. The molecule has 0 bridgehead atoms. The van der Waals surface area contributed by atoms with E-state index in [1.807, 2.05) is 0 Å². The first-order valence-corrected chi connectivity index (χ1v) is 6.03. The molecule has 0 radical (unpaired) electrons. The minimum atomic E-state index is 0.905. The Morgan fingerprint density at radius 3 is 2.69 bits per heavy atom. The molecule has 76 valence electrons. The second kappa shape index (κ2) is 4.00. The molecular formula is C12H23N. The molecule has 4 atom stereocenters. The van der Waals surface area contributed by atoms with Crippen LogP contribution in [0.3, 0.4) is 0 Å². The van der Waals surface area contributed by atoms with Gasteiger partial charge in [-0.2, -0.15) is 0 Å². The minimum Gasteiger partial charge on any atom is -0.330 e. The van der Waals surface area contributed by atoms with Gasteiger partial charge in [0.15, 0.2) is 0 Å². The number of nitrogens with two attached hydrogens (primary N) is 1. The maximum atomic E-state index is 5.66. The molecule has 0 heterocycles. The maximum Gasteiger partial charge on any atom is -0.00745 e. The Labute approximate surface area is 82.1 Å². The zero-order valence-corrected chi connectivity index (χ0v) is 8.84. The first kappa shape index (κ1) is 9.51. The van der Waals surface area contributed by atoms with Gasteiger partial charge in [-0.1, -0.05) is 19.8 Å². The quantitative estimate of drug-likeness (QED) is 0.696. The Bertz CT molecular complexity index is 167. The molecular weight excluding hydrogens is 158 g/mol. The average molecular weight is 181 g/mol. The summed E-state index contributed by atoms with van der Waals surface area (Å²) in [4.78, 5) is 0. The van der Waals surface area contributed by atoms with Crippen LogP contribution in [0, 0.1) is 23.7 Å². The van der Waals surface area contributed by atoms with Crippen molar-refractivity contribution >= 4 is 0 Å². The molecule has 2 aliphatic rings. The zero-order chi connectivity index (χ0) is 9.26. The lowest BCUT2D eigenvalue weighted by molar-refractivity contribution is 0.163. The van der Waals surface area contributed by atoms with E-state index >= 15 is 0 Å². The number of fused-ring (bicyclic) bond motifs is 1. The van der Waals surface area contributed by atoms with Crippen molar-refractivity contribution in [1.82, 2.24) is 0 Å². The van der Waals surface area contributed by atoms with Gasteiger partial charge in [-0.25, -0.2) is 0 Å². The van der Waals surface area contributed by atoms with Crippen LogP contribution >= 0.6 is 0 Å². The lowest BCUT2D eigenvalue weighted by Crippen LogP contribution is -2.26. The van der Waals surface area contributed by atoms with E-state index < -0.39 is 0 Å². The molecule has 2 aliphatic carbocycles. The van der Waals surface area contributed by atoms with Crippen molar-refractivity contribution in [2.24, 2.45) is 29.4 Å². The largest absolute Gasteiger partial charge is 0.330 e. The normalized spacial score (nSPS) is 44.8. The van der Waals surface area contributed by atoms with E-state index in [1.165, 1.54) is 38.5 Å². The molecule has 2 saturated carbocycles. The van der Waals surface area contributed by atoms with Crippen LogP contribution in [0.1, 0.15) is 45.4 Å². The summed E-state index contributed by atoms with van der Waals surface area (Å²) in [5, 5.41) is 0. The summed E-state index contributed by atoms with van der Waals surface area (Å²) < 4.78 is 0. The summed E-state index contributed by atoms with van der Waals surface area (Å²) in [6.45, 7) is 3.36. The molecule has 2 fully saturated rings. The van der Waals surface area contributed by atoms with Crippen LogP contribution in [-0.4, -0.2) is 6.54 Å². The number of rotatable bonds is 2. The maximum absolute atomic E-state index is 5.66. The fourth-order valence-corrected chi connectivity index (χ4v) is 3.80. The summed E-state index contributed by atoms with van der Waals surface area (Å²) in [5.41, 5.74) is 5.66. The van der Waals surface area contributed by atoms with Crippen LogP contribution in [0.4, 0.5) is 0 Å². The molecule has 0 aromatic rings. The third-order valence-corrected chi connectivity index (χ3v) is 4.49. The van der Waals surface area contributed by atoms with Gasteiger partial charge in [-0.3, -0.25) is 0 Å². The summed E-state index contributed by atoms with van der Waals surface area (Å²) in [6.07, 6.45) is 8.71. The Kier molecular flexibility index (Phi) is 2.92. The second-order valence-electron chi connectivity index (χ2n) is 5.15. The summed E-state index contributed by atoms with van der Waals surface area (Å²) in [6, 6.07) is 0. The summed E-state index contributed by atoms with van der Waals surface area (Å²) >= 11 is 0. The minimum absolute atomic E-state index is 0.905. The van der Waals surface area contributed by atoms with Crippen LogP contribution in [0.2, 0.25) is 0 Å². The van der Waals surface area contributed by atoms with E-state index in [2.05, 4.69) is 6.92 Å². The fourth-order valence-electron chi connectivity index (χ4n) is 3.80. The van der Waals surface area contributed by atoms with Crippen LogP contribution in [-0.2, 0) is 0 Å². The number of hydrogen-bond donors (Lipinski definition) is 1. The predicted molar refractivity (Wildman–Crippen MR) is 56.4 cm³/mol. The Balaban J connectivity index is 1.97. The van der Waals surface area contributed by atoms with Crippen molar-refractivity contribution < 1.29 is 0 Å². The molecule has 2 rings (SSSR count). The Morgan fingerprint density at radius 2 is 1.92 bits per heavy atom. The van der Waals surface area contributed by atoms with Gasteiger partial charge in [0, 0.05) is 0 Å². The van der Waals surface area contributed by atoms with Crippen LogP contribution in [0.5, 0.6) is 0 Å². The molecule has 4 unspecified atom stereocenters. The van der Waals surface area contributed by atoms with Crippen molar-refractivity contribution in [3.8, 4) is 0 Å². The third-order valence-electron chi connectivity index (χ3n) is 4.49. The van der Waals surface area contributed by atoms with Crippen molar-refractivity contribution in [3.05, 3.63) is 0 Å². The second-order valence-corrected chi connectivity index (χ2v) is 5.15. The van der Waals surface area contributed by atoms with Gasteiger partial charge in [-0.05, 0) is 55.9 Å². The van der Waals surface area contributed by atoms with Gasteiger partial charge < -0.3 is 5.73 Å². The Hall–Kier alpha value is -0.0400. The van der Waals surface area contributed by atoms with Gasteiger partial charge in [0.25, 0.3) is 0 Å². The highest BCUT2D eigenvalue weighted by atomic mass is 14.5. The summed E-state index contributed by atoms with van der Waals surface area (Å²) in [7, 11) is 0. The molecule has 2 N–H and O–H groups in total. The fraction of sp³-hybridized carbons (Fsp3) is 1.00. The van der Waals surface area contributed by atoms with E-state index in [1.54, 1.807) is 0 Å². The van der Waals surface area contributed by atoms with Crippen molar-refractivity contribution in [3.63, 3.8) is 0 Å². The van der Waals surface area contributed by atoms with E-state index in [0.29, 0.717) is 0 Å². The molecule has 0 saturated heterocycles. The van der Waals surface area contributed by atoms with E-state index in [-0.39, 0.29) is 0 Å². The van der Waals surface area contributed by atoms with Crippen molar-refractivity contribution in [1.29, 1.82) is 0 Å². The zero-order valence-electron chi connectivity index (χ0n) is 8.84. The predicted octanol–water partition coefficient (Wildman–Crippen LogP) is 2.80. The van der Waals surface area contributed by atoms with E-state index in [9.17, 15) is 0 Å². The Morgan fingerprint density at radius 1 is 1.08 bits per heavy atom. The lowest BCUT2D eigenvalue weighted by Gasteiger charge is -2.34. The highest BCUT2D eigenvalue weighted by Gasteiger charge is 2.39. The average Bonchev–Trinajstić information content (AvgIpc) is 2.51. The first-order chi connectivity index (χ1) is 6.33. The van der Waals surface area contributed by atoms with Gasteiger partial charge in [0.2, 0.25) is 0 Å². The van der Waals surface area contributed by atoms with Gasteiger partial charge >= 0.3 is 0 Å². The van der Waals surface area contributed by atoms with E-state index in [4.69, 9.17) is 5.73 Å². The monoisotopic (exact) mass is 181 g/mol. The molecule has 0 aliphatic heterocycles. The van der Waals surface area contributed by atoms with Crippen molar-refractivity contribution in [2.75, 3.05) is 6.54 Å². The van der Waals surface area contributed by atoms with Crippen LogP contribution < -0.4 is 5.73 Å². The topological polar surface area (TPSA) is 26.0 Å². The molecule has 0 amide bonds. The number of hydrogen-bond acceptors (Lipinski definition) is 1. The molecule has 13 heavy (non-hydrogen) atoms. The van der Waals surface area contributed by atoms with Crippen LogP contribution in [0.15, 0.2) is 0 Å². The van der Waals surface area contributed by atoms with Crippen LogP contribution in [0.25, 0.3) is 0 Å². The molecule has 0 spiro atoms. The first-order valence-electron chi connectivity index (χ1n) is 6.03. The smallest absolute Gasteiger partial charge is 0.00745 e. The SMILES string of the molecule is CC1CCCC2C(CCN)CCC12. The van der Waals surface area contributed by atoms with E-state index in [0.717, 1.165) is 30.2 Å². The van der Waals surface area contributed by atoms with Gasteiger partial charge in [0.05, 0.1) is 0 Å². The molecule has 1 nitrogen and oxygen atoms in total. The molecule has 0 aromatic carbocycles.